The number of amides is 1. The first kappa shape index (κ1) is 28.3. The van der Waals surface area contributed by atoms with E-state index in [0.29, 0.717) is 6.61 Å². The SMILES string of the molecule is COC(=O)C1CC(O[C@H]2O[C@H]([C@H]3COC(C)(C)O3)[C@@H]3OC(C)(C)O[C@H]23)CN1C(=O)CSc1nc2ccccc2s1. The van der Waals surface area contributed by atoms with Crippen LogP contribution in [0.4, 0.5) is 0 Å². The Morgan fingerprint density at radius 1 is 1.10 bits per heavy atom. The van der Waals surface area contributed by atoms with Crippen molar-refractivity contribution in [1.82, 2.24) is 9.88 Å². The van der Waals surface area contributed by atoms with E-state index in [2.05, 4.69) is 4.98 Å². The van der Waals surface area contributed by atoms with Crippen LogP contribution in [0.5, 0.6) is 0 Å². The molecule has 4 fully saturated rings. The van der Waals surface area contributed by atoms with Crippen LogP contribution in [0.2, 0.25) is 0 Å². The third-order valence-electron chi connectivity index (χ3n) is 7.42. The van der Waals surface area contributed by atoms with Gasteiger partial charge in [0, 0.05) is 13.0 Å². The van der Waals surface area contributed by atoms with Crippen molar-refractivity contribution in [3.05, 3.63) is 24.3 Å². The Morgan fingerprint density at radius 2 is 1.88 bits per heavy atom. The second kappa shape index (κ2) is 10.8. The van der Waals surface area contributed by atoms with Gasteiger partial charge >= 0.3 is 5.97 Å². The molecule has 1 aromatic heterocycles. The van der Waals surface area contributed by atoms with Crippen LogP contribution in [-0.2, 0) is 42.7 Å². The number of methoxy groups -OCH3 is 1. The van der Waals surface area contributed by atoms with Gasteiger partial charge in [-0.2, -0.15) is 0 Å². The van der Waals surface area contributed by atoms with Gasteiger partial charge in [0.25, 0.3) is 0 Å². The number of nitrogens with zero attached hydrogens (tertiary/aromatic N) is 2. The van der Waals surface area contributed by atoms with Gasteiger partial charge in [-0.15, -0.1) is 11.3 Å². The minimum atomic E-state index is -0.821. The topological polar surface area (TPSA) is 115 Å². The van der Waals surface area contributed by atoms with E-state index in [1.807, 2.05) is 52.0 Å². The van der Waals surface area contributed by atoms with Crippen LogP contribution in [0.1, 0.15) is 34.1 Å². The van der Waals surface area contributed by atoms with Crippen LogP contribution in [0, 0.1) is 0 Å². The molecule has 1 amide bonds. The van der Waals surface area contributed by atoms with Crippen LogP contribution in [-0.4, -0.2) is 102 Å². The van der Waals surface area contributed by atoms with Crippen molar-refractivity contribution in [3.8, 4) is 0 Å². The molecule has 2 unspecified atom stereocenters. The number of aromatic nitrogens is 1. The van der Waals surface area contributed by atoms with Crippen molar-refractivity contribution in [1.29, 1.82) is 0 Å². The maximum absolute atomic E-state index is 13.3. The van der Waals surface area contributed by atoms with Gasteiger partial charge in [-0.1, -0.05) is 23.9 Å². The van der Waals surface area contributed by atoms with Crippen molar-refractivity contribution in [2.75, 3.05) is 26.0 Å². The molecule has 218 valence electrons. The number of hydrogen-bond donors (Lipinski definition) is 0. The number of thiazole rings is 1. The number of fused-ring (bicyclic) bond motifs is 2. The molecule has 13 heteroatoms. The summed E-state index contributed by atoms with van der Waals surface area (Å²) < 4.78 is 43.8. The number of carbonyl (C=O) groups excluding carboxylic acids is 2. The van der Waals surface area contributed by atoms with E-state index in [1.54, 1.807) is 0 Å². The fraction of sp³-hybridized carbons (Fsp3) is 0.667. The van der Waals surface area contributed by atoms with Gasteiger partial charge in [0.15, 0.2) is 22.2 Å². The number of thioether (sulfide) groups is 1. The molecule has 6 rings (SSSR count). The van der Waals surface area contributed by atoms with Gasteiger partial charge in [0.1, 0.15) is 30.5 Å². The average Bonchev–Trinajstić information content (AvgIpc) is 3.71. The van der Waals surface area contributed by atoms with E-state index >= 15 is 0 Å². The Hall–Kier alpha value is -1.84. The van der Waals surface area contributed by atoms with Crippen LogP contribution < -0.4 is 0 Å². The summed E-state index contributed by atoms with van der Waals surface area (Å²) in [5, 5.41) is 0. The number of carbonyl (C=O) groups is 2. The van der Waals surface area contributed by atoms with Gasteiger partial charge in [-0.05, 0) is 39.8 Å². The molecule has 4 aliphatic rings. The largest absolute Gasteiger partial charge is 0.467 e. The third kappa shape index (κ3) is 5.62. The normalized spacial score (nSPS) is 34.4. The molecular formula is C27H34N2O9S2. The third-order valence-corrected chi connectivity index (χ3v) is 9.58. The lowest BCUT2D eigenvalue weighted by molar-refractivity contribution is -0.255. The van der Waals surface area contributed by atoms with Gasteiger partial charge < -0.3 is 38.1 Å². The summed E-state index contributed by atoms with van der Waals surface area (Å²) in [5.74, 6) is -2.06. The number of likely N-dealkylation sites (tertiary alicyclic amines) is 1. The average molecular weight is 595 g/mol. The molecule has 0 N–H and O–H groups in total. The highest BCUT2D eigenvalue weighted by Gasteiger charge is 2.60. The lowest BCUT2D eigenvalue weighted by Crippen LogP contribution is -2.42. The Kier molecular flexibility index (Phi) is 7.62. The second-order valence-corrected chi connectivity index (χ2v) is 13.5. The molecule has 11 nitrogen and oxygen atoms in total. The highest BCUT2D eigenvalue weighted by molar-refractivity contribution is 8.01. The van der Waals surface area contributed by atoms with E-state index in [4.69, 9.17) is 33.2 Å². The monoisotopic (exact) mass is 594 g/mol. The molecule has 2 aromatic rings. The summed E-state index contributed by atoms with van der Waals surface area (Å²) in [6.45, 7) is 8.00. The molecule has 4 saturated heterocycles. The predicted molar refractivity (Wildman–Crippen MR) is 145 cm³/mol. The zero-order valence-corrected chi connectivity index (χ0v) is 24.7. The molecule has 1 aromatic carbocycles. The maximum Gasteiger partial charge on any atom is 0.328 e. The van der Waals surface area contributed by atoms with Crippen molar-refractivity contribution >= 4 is 45.2 Å². The van der Waals surface area contributed by atoms with Crippen LogP contribution in [0.15, 0.2) is 28.6 Å². The molecule has 0 radical (unpaired) electrons. The van der Waals surface area contributed by atoms with E-state index in [9.17, 15) is 9.59 Å². The Morgan fingerprint density at radius 3 is 2.60 bits per heavy atom. The highest BCUT2D eigenvalue weighted by Crippen LogP contribution is 2.43. The smallest absolute Gasteiger partial charge is 0.328 e. The second-order valence-electron chi connectivity index (χ2n) is 11.2. The Bertz CT molecular complexity index is 1240. The molecular weight excluding hydrogens is 560 g/mol. The number of hydrogen-bond acceptors (Lipinski definition) is 12. The van der Waals surface area contributed by atoms with Crippen molar-refractivity contribution < 1.29 is 42.7 Å². The number of ether oxygens (including phenoxy) is 7. The molecule has 0 spiro atoms. The van der Waals surface area contributed by atoms with Gasteiger partial charge in [0.05, 0.1) is 35.8 Å². The van der Waals surface area contributed by atoms with E-state index in [0.717, 1.165) is 14.6 Å². The van der Waals surface area contributed by atoms with Crippen LogP contribution in [0.3, 0.4) is 0 Å². The Balaban J connectivity index is 1.13. The quantitative estimate of drug-likeness (QED) is 0.348. The summed E-state index contributed by atoms with van der Waals surface area (Å²) in [6, 6.07) is 7.09. The molecule has 0 saturated carbocycles. The first-order valence-electron chi connectivity index (χ1n) is 13.4. The highest BCUT2D eigenvalue weighted by atomic mass is 32.2. The number of para-hydroxylation sites is 1. The van der Waals surface area contributed by atoms with Crippen LogP contribution in [0.25, 0.3) is 10.2 Å². The molecule has 0 bridgehead atoms. The maximum atomic E-state index is 13.3. The lowest BCUT2D eigenvalue weighted by atomic mass is 10.1. The minimum Gasteiger partial charge on any atom is -0.467 e. The van der Waals surface area contributed by atoms with Crippen molar-refractivity contribution in [3.63, 3.8) is 0 Å². The fourth-order valence-electron chi connectivity index (χ4n) is 5.72. The van der Waals surface area contributed by atoms with Crippen molar-refractivity contribution in [2.24, 2.45) is 0 Å². The molecule has 5 heterocycles. The van der Waals surface area contributed by atoms with Gasteiger partial charge in [-0.3, -0.25) is 4.79 Å². The summed E-state index contributed by atoms with van der Waals surface area (Å²) in [7, 11) is 1.32. The zero-order valence-electron chi connectivity index (χ0n) is 23.1. The first-order chi connectivity index (χ1) is 19.0. The van der Waals surface area contributed by atoms with Gasteiger partial charge in [-0.25, -0.2) is 9.78 Å². The molecule has 0 aliphatic carbocycles. The summed E-state index contributed by atoms with van der Waals surface area (Å²) in [5.41, 5.74) is 0.900. The zero-order chi connectivity index (χ0) is 28.2. The number of esters is 1. The fourth-order valence-corrected chi connectivity index (χ4v) is 7.67. The molecule has 4 aliphatic heterocycles. The molecule has 7 atom stereocenters. The standard InChI is InChI=1S/C27H34N2O9S2/c1-26(2)33-12-17(36-26)20-21-22(38-27(3,4)37-21)24(35-20)34-14-10-16(23(31)32-5)29(11-14)19(30)13-39-25-28-15-8-6-7-9-18(15)40-25/h6-9,14,16-17,20-22,24H,10-13H2,1-5H3/t14?,16?,17-,20-,21+,22+,24+/m1/s1. The first-order valence-corrected chi connectivity index (χ1v) is 15.2. The number of rotatable bonds is 7. The summed E-state index contributed by atoms with van der Waals surface area (Å²) >= 11 is 2.90. The van der Waals surface area contributed by atoms with Crippen LogP contribution >= 0.6 is 23.1 Å². The van der Waals surface area contributed by atoms with E-state index < -0.39 is 54.3 Å². The molecule has 40 heavy (non-hydrogen) atoms. The van der Waals surface area contributed by atoms with E-state index in [1.165, 1.54) is 35.1 Å². The summed E-state index contributed by atoms with van der Waals surface area (Å²) in [4.78, 5) is 32.1. The number of benzene rings is 1. The van der Waals surface area contributed by atoms with Crippen molar-refractivity contribution in [2.45, 2.75) is 92.9 Å². The summed E-state index contributed by atoms with van der Waals surface area (Å²) in [6.07, 6.45) is -2.66. The minimum absolute atomic E-state index is 0.146. The van der Waals surface area contributed by atoms with Gasteiger partial charge in [0.2, 0.25) is 5.91 Å². The van der Waals surface area contributed by atoms with E-state index in [-0.39, 0.29) is 30.7 Å². The lowest BCUT2D eigenvalue weighted by Gasteiger charge is -2.27. The Labute approximate surface area is 240 Å². The predicted octanol–water partition coefficient (Wildman–Crippen LogP) is 2.94.